The topological polar surface area (TPSA) is 40.5 Å². The Morgan fingerprint density at radius 2 is 1.55 bits per heavy atom. The molecule has 3 rings (SSSR count). The minimum atomic E-state index is -0.728. The molecule has 0 aliphatic carbocycles. The normalized spacial score (nSPS) is 11.8. The third-order valence-electron chi connectivity index (χ3n) is 6.02. The summed E-state index contributed by atoms with van der Waals surface area (Å²) in [5.74, 6) is 0. The fourth-order valence-electron chi connectivity index (χ4n) is 3.85. The highest BCUT2D eigenvalue weighted by molar-refractivity contribution is 7.10. The molecule has 2 N–H and O–H groups in total. The van der Waals surface area contributed by atoms with Crippen molar-refractivity contribution >= 4 is 11.3 Å². The molecule has 3 heteroatoms. The lowest BCUT2D eigenvalue weighted by Crippen LogP contribution is -2.23. The van der Waals surface area contributed by atoms with Crippen LogP contribution in [0.25, 0.3) is 11.1 Å². The van der Waals surface area contributed by atoms with E-state index >= 15 is 0 Å². The van der Waals surface area contributed by atoms with Gasteiger partial charge in [-0.25, -0.2) is 0 Å². The Bertz CT molecular complexity index is 920. The Hall–Kier alpha value is -1.94. The standard InChI is InChI=1S/C26H32O2S/c1-4-21-15-23(26(28,5-2)6-3)12-14-25(21)22-16-24(29-18-22)13-11-19-7-9-20(17-27)10-8-19/h7-10,12,14-16,18,27-28H,4-6,11,13,17H2,1-3H3. The average Bonchev–Trinajstić information content (AvgIpc) is 3.25. The van der Waals surface area contributed by atoms with E-state index in [1.807, 2.05) is 37.3 Å². The second kappa shape index (κ2) is 9.71. The van der Waals surface area contributed by atoms with Crippen molar-refractivity contribution in [3.8, 4) is 11.1 Å². The van der Waals surface area contributed by atoms with Crippen LogP contribution in [-0.2, 0) is 31.5 Å². The average molecular weight is 409 g/mol. The van der Waals surface area contributed by atoms with Crippen LogP contribution < -0.4 is 0 Å². The molecule has 0 aliphatic heterocycles. The summed E-state index contributed by atoms with van der Waals surface area (Å²) in [5.41, 5.74) is 6.42. The molecular formula is C26H32O2S. The molecule has 0 saturated heterocycles. The van der Waals surface area contributed by atoms with Crippen LogP contribution in [0.4, 0.5) is 0 Å². The maximum absolute atomic E-state index is 10.9. The summed E-state index contributed by atoms with van der Waals surface area (Å²) >= 11 is 1.82. The van der Waals surface area contributed by atoms with Gasteiger partial charge in [0, 0.05) is 4.88 Å². The third-order valence-corrected chi connectivity index (χ3v) is 7.02. The molecule has 29 heavy (non-hydrogen) atoms. The van der Waals surface area contributed by atoms with Gasteiger partial charge < -0.3 is 10.2 Å². The van der Waals surface area contributed by atoms with Gasteiger partial charge in [0.15, 0.2) is 0 Å². The fraction of sp³-hybridized carbons (Fsp3) is 0.385. The third kappa shape index (κ3) is 4.98. The van der Waals surface area contributed by atoms with E-state index in [9.17, 15) is 5.11 Å². The first-order valence-electron chi connectivity index (χ1n) is 10.6. The van der Waals surface area contributed by atoms with E-state index in [0.29, 0.717) is 0 Å². The van der Waals surface area contributed by atoms with Gasteiger partial charge in [0.05, 0.1) is 12.2 Å². The smallest absolute Gasteiger partial charge is 0.0891 e. The number of aryl methyl sites for hydroxylation is 3. The van der Waals surface area contributed by atoms with Crippen molar-refractivity contribution in [2.24, 2.45) is 0 Å². The van der Waals surface area contributed by atoms with Gasteiger partial charge in [0.25, 0.3) is 0 Å². The van der Waals surface area contributed by atoms with Crippen molar-refractivity contribution < 1.29 is 10.2 Å². The first-order chi connectivity index (χ1) is 14.0. The first-order valence-corrected chi connectivity index (χ1v) is 11.5. The van der Waals surface area contributed by atoms with Gasteiger partial charge in [-0.3, -0.25) is 0 Å². The zero-order chi connectivity index (χ0) is 20.9. The van der Waals surface area contributed by atoms with Gasteiger partial charge in [-0.2, -0.15) is 0 Å². The quantitative estimate of drug-likeness (QED) is 0.438. The Morgan fingerprint density at radius 1 is 0.862 bits per heavy atom. The minimum absolute atomic E-state index is 0.0982. The summed E-state index contributed by atoms with van der Waals surface area (Å²) in [6, 6.07) is 17.0. The number of hydrogen-bond donors (Lipinski definition) is 2. The Labute approximate surface area is 178 Å². The van der Waals surface area contributed by atoms with E-state index in [2.05, 4.69) is 48.7 Å². The van der Waals surface area contributed by atoms with Crippen LogP contribution in [0.2, 0.25) is 0 Å². The molecule has 0 saturated carbocycles. The molecule has 1 aromatic heterocycles. The number of hydrogen-bond acceptors (Lipinski definition) is 3. The van der Waals surface area contributed by atoms with Crippen molar-refractivity contribution in [3.05, 3.63) is 81.0 Å². The van der Waals surface area contributed by atoms with Crippen LogP contribution in [0.3, 0.4) is 0 Å². The van der Waals surface area contributed by atoms with E-state index in [4.69, 9.17) is 5.11 Å². The number of rotatable bonds is 9. The van der Waals surface area contributed by atoms with Gasteiger partial charge in [-0.05, 0) is 76.9 Å². The highest BCUT2D eigenvalue weighted by Gasteiger charge is 2.25. The summed E-state index contributed by atoms with van der Waals surface area (Å²) < 4.78 is 0. The van der Waals surface area contributed by atoms with Gasteiger partial charge in [0.1, 0.15) is 0 Å². The molecule has 2 aromatic carbocycles. The van der Waals surface area contributed by atoms with Crippen molar-refractivity contribution in [1.29, 1.82) is 0 Å². The van der Waals surface area contributed by atoms with Gasteiger partial charge in [-0.15, -0.1) is 11.3 Å². The zero-order valence-corrected chi connectivity index (χ0v) is 18.6. The lowest BCUT2D eigenvalue weighted by Gasteiger charge is -2.27. The molecule has 154 valence electrons. The lowest BCUT2D eigenvalue weighted by molar-refractivity contribution is 0.0283. The van der Waals surface area contributed by atoms with E-state index in [0.717, 1.165) is 43.2 Å². The van der Waals surface area contributed by atoms with Crippen molar-refractivity contribution in [2.75, 3.05) is 0 Å². The van der Waals surface area contributed by atoms with E-state index in [1.165, 1.54) is 27.1 Å². The Morgan fingerprint density at radius 3 is 2.17 bits per heavy atom. The molecule has 0 bridgehead atoms. The minimum Gasteiger partial charge on any atom is -0.392 e. The summed E-state index contributed by atoms with van der Waals surface area (Å²) in [5, 5.41) is 22.3. The first kappa shape index (κ1) is 21.8. The van der Waals surface area contributed by atoms with Gasteiger partial charge in [0.2, 0.25) is 0 Å². The fourth-order valence-corrected chi connectivity index (χ4v) is 4.74. The molecule has 1 heterocycles. The molecule has 0 unspecified atom stereocenters. The number of aliphatic hydroxyl groups is 2. The SMILES string of the molecule is CCc1cc(C(O)(CC)CC)ccc1-c1csc(CCc2ccc(CO)cc2)c1. The predicted octanol–water partition coefficient (Wildman–Crippen LogP) is 6.26. The van der Waals surface area contributed by atoms with Crippen LogP contribution in [-0.4, -0.2) is 10.2 Å². The Balaban J connectivity index is 1.76. The number of benzene rings is 2. The van der Waals surface area contributed by atoms with E-state index < -0.39 is 5.60 Å². The Kier molecular flexibility index (Phi) is 7.28. The molecule has 0 amide bonds. The molecule has 2 nitrogen and oxygen atoms in total. The molecule has 3 aromatic rings. The lowest BCUT2D eigenvalue weighted by atomic mass is 9.85. The monoisotopic (exact) mass is 408 g/mol. The van der Waals surface area contributed by atoms with Crippen molar-refractivity contribution in [2.45, 2.75) is 65.1 Å². The highest BCUT2D eigenvalue weighted by Crippen LogP contribution is 2.35. The summed E-state index contributed by atoms with van der Waals surface area (Å²) in [6.07, 6.45) is 4.44. The molecule has 0 fully saturated rings. The van der Waals surface area contributed by atoms with Gasteiger partial charge >= 0.3 is 0 Å². The molecule has 0 atom stereocenters. The largest absolute Gasteiger partial charge is 0.392 e. The van der Waals surface area contributed by atoms with Crippen molar-refractivity contribution in [1.82, 2.24) is 0 Å². The molecule has 0 radical (unpaired) electrons. The van der Waals surface area contributed by atoms with Crippen LogP contribution in [0.1, 0.15) is 60.7 Å². The molecular weight excluding hydrogens is 376 g/mol. The maximum atomic E-state index is 10.9. The van der Waals surface area contributed by atoms with Crippen LogP contribution in [0.5, 0.6) is 0 Å². The number of thiophene rings is 1. The van der Waals surface area contributed by atoms with Crippen LogP contribution >= 0.6 is 11.3 Å². The maximum Gasteiger partial charge on any atom is 0.0891 e. The van der Waals surface area contributed by atoms with E-state index in [-0.39, 0.29) is 6.61 Å². The highest BCUT2D eigenvalue weighted by atomic mass is 32.1. The second-order valence-corrected chi connectivity index (χ2v) is 8.74. The molecule has 0 spiro atoms. The van der Waals surface area contributed by atoms with Gasteiger partial charge in [-0.1, -0.05) is 63.2 Å². The second-order valence-electron chi connectivity index (χ2n) is 7.74. The summed E-state index contributed by atoms with van der Waals surface area (Å²) in [6.45, 7) is 6.38. The van der Waals surface area contributed by atoms with Crippen LogP contribution in [0, 0.1) is 0 Å². The van der Waals surface area contributed by atoms with Crippen LogP contribution in [0.15, 0.2) is 53.9 Å². The summed E-state index contributed by atoms with van der Waals surface area (Å²) in [7, 11) is 0. The summed E-state index contributed by atoms with van der Waals surface area (Å²) in [4.78, 5) is 1.39. The van der Waals surface area contributed by atoms with Crippen molar-refractivity contribution in [3.63, 3.8) is 0 Å². The van der Waals surface area contributed by atoms with E-state index in [1.54, 1.807) is 0 Å². The zero-order valence-electron chi connectivity index (χ0n) is 17.7. The molecule has 0 aliphatic rings. The number of aliphatic hydroxyl groups excluding tert-OH is 1. The predicted molar refractivity (Wildman–Crippen MR) is 123 cm³/mol.